The summed E-state index contributed by atoms with van der Waals surface area (Å²) in [4.78, 5) is 11.2. The molecule has 0 fully saturated rings. The molecule has 7 heteroatoms. The van der Waals surface area contributed by atoms with E-state index >= 15 is 0 Å². The van der Waals surface area contributed by atoms with Crippen LogP contribution in [0.4, 0.5) is 0 Å². The van der Waals surface area contributed by atoms with E-state index in [1.54, 1.807) is 19.1 Å². The van der Waals surface area contributed by atoms with Gasteiger partial charge in [-0.15, -0.1) is 0 Å². The number of carbonyl (C=O) groups is 1. The Labute approximate surface area is 99.7 Å². The van der Waals surface area contributed by atoms with Crippen molar-refractivity contribution in [3.05, 3.63) is 29.8 Å². The van der Waals surface area contributed by atoms with E-state index in [1.807, 2.05) is 0 Å². The van der Waals surface area contributed by atoms with Crippen LogP contribution >= 0.6 is 0 Å². The van der Waals surface area contributed by atoms with Crippen molar-refractivity contribution < 1.29 is 17.4 Å². The standard InChI is InChI=1S/C10H14N2O4S/c1-7-4-2-3-5-9(7)17(14,15)16-10(13)8(12)6-11/h2-5,8H,6,11-12H2,1H3/t8-/m0/s1. The topological polar surface area (TPSA) is 112 Å². The zero-order chi connectivity index (χ0) is 13.1. The molecule has 1 rings (SSSR count). The highest BCUT2D eigenvalue weighted by Crippen LogP contribution is 2.17. The third kappa shape index (κ3) is 3.26. The first-order valence-corrected chi connectivity index (χ1v) is 6.29. The van der Waals surface area contributed by atoms with Gasteiger partial charge in [0.05, 0.1) is 0 Å². The maximum atomic E-state index is 11.7. The predicted molar refractivity (Wildman–Crippen MR) is 61.5 cm³/mol. The van der Waals surface area contributed by atoms with Gasteiger partial charge in [0.2, 0.25) is 0 Å². The molecule has 17 heavy (non-hydrogen) atoms. The minimum absolute atomic E-state index is 0.0578. The molecule has 0 aromatic heterocycles. The molecule has 0 spiro atoms. The lowest BCUT2D eigenvalue weighted by Gasteiger charge is -2.10. The average Bonchev–Trinajstić information content (AvgIpc) is 2.27. The van der Waals surface area contributed by atoms with Crippen LogP contribution in [0.5, 0.6) is 0 Å². The summed E-state index contributed by atoms with van der Waals surface area (Å²) in [6.45, 7) is 1.42. The molecule has 0 aliphatic carbocycles. The second kappa shape index (κ2) is 5.26. The molecule has 0 aliphatic rings. The minimum atomic E-state index is -4.13. The lowest BCUT2D eigenvalue weighted by molar-refractivity contribution is -0.135. The van der Waals surface area contributed by atoms with Crippen LogP contribution in [-0.4, -0.2) is 27.0 Å². The Morgan fingerprint density at radius 1 is 1.41 bits per heavy atom. The number of hydrogen-bond acceptors (Lipinski definition) is 6. The van der Waals surface area contributed by atoms with Crippen LogP contribution in [0.15, 0.2) is 29.2 Å². The largest absolute Gasteiger partial charge is 0.342 e. The SMILES string of the molecule is Cc1ccccc1S(=O)(=O)OC(=O)[C@@H](N)CN. The molecule has 0 amide bonds. The van der Waals surface area contributed by atoms with Gasteiger partial charge in [-0.25, -0.2) is 4.79 Å². The first-order chi connectivity index (χ1) is 7.88. The van der Waals surface area contributed by atoms with Crippen molar-refractivity contribution in [2.24, 2.45) is 11.5 Å². The van der Waals surface area contributed by atoms with E-state index in [-0.39, 0.29) is 11.4 Å². The molecule has 0 radical (unpaired) electrons. The fourth-order valence-electron chi connectivity index (χ4n) is 1.15. The number of rotatable bonds is 4. The molecular weight excluding hydrogens is 244 g/mol. The summed E-state index contributed by atoms with van der Waals surface area (Å²) in [5, 5.41) is 0. The van der Waals surface area contributed by atoms with Gasteiger partial charge >= 0.3 is 16.1 Å². The monoisotopic (exact) mass is 258 g/mol. The molecule has 0 unspecified atom stereocenters. The minimum Gasteiger partial charge on any atom is -0.340 e. The first kappa shape index (κ1) is 13.6. The molecule has 0 bridgehead atoms. The molecule has 94 valence electrons. The van der Waals surface area contributed by atoms with E-state index in [1.165, 1.54) is 12.1 Å². The molecule has 4 N–H and O–H groups in total. The quantitative estimate of drug-likeness (QED) is 0.705. The Morgan fingerprint density at radius 3 is 2.53 bits per heavy atom. The summed E-state index contributed by atoms with van der Waals surface area (Å²) >= 11 is 0. The van der Waals surface area contributed by atoms with Crippen molar-refractivity contribution in [1.29, 1.82) is 0 Å². The van der Waals surface area contributed by atoms with Crippen molar-refractivity contribution >= 4 is 16.1 Å². The van der Waals surface area contributed by atoms with Crippen molar-refractivity contribution in [1.82, 2.24) is 0 Å². The van der Waals surface area contributed by atoms with Gasteiger partial charge in [0.1, 0.15) is 10.9 Å². The zero-order valence-corrected chi connectivity index (χ0v) is 10.1. The lowest BCUT2D eigenvalue weighted by Crippen LogP contribution is -2.40. The van der Waals surface area contributed by atoms with Crippen LogP contribution in [0.3, 0.4) is 0 Å². The summed E-state index contributed by atoms with van der Waals surface area (Å²) in [7, 11) is -4.13. The Bertz CT molecular complexity index is 513. The van der Waals surface area contributed by atoms with Crippen LogP contribution in [0, 0.1) is 6.92 Å². The highest BCUT2D eigenvalue weighted by atomic mass is 32.2. The Morgan fingerprint density at radius 2 is 2.00 bits per heavy atom. The highest BCUT2D eigenvalue weighted by Gasteiger charge is 2.24. The number of benzene rings is 1. The second-order valence-corrected chi connectivity index (χ2v) is 4.98. The van der Waals surface area contributed by atoms with E-state index in [4.69, 9.17) is 11.5 Å². The molecule has 1 aromatic rings. The number of aryl methyl sites for hydroxylation is 1. The number of carbonyl (C=O) groups excluding carboxylic acids is 1. The number of hydrogen-bond donors (Lipinski definition) is 2. The number of nitrogens with two attached hydrogens (primary N) is 2. The summed E-state index contributed by atoms with van der Waals surface area (Å²) < 4.78 is 27.9. The van der Waals surface area contributed by atoms with Crippen molar-refractivity contribution in [2.45, 2.75) is 17.9 Å². The van der Waals surface area contributed by atoms with E-state index in [9.17, 15) is 13.2 Å². The highest BCUT2D eigenvalue weighted by molar-refractivity contribution is 7.87. The van der Waals surface area contributed by atoms with Crippen LogP contribution < -0.4 is 11.5 Å². The van der Waals surface area contributed by atoms with Crippen LogP contribution in [-0.2, 0) is 19.1 Å². The van der Waals surface area contributed by atoms with Gasteiger partial charge in [0.25, 0.3) is 0 Å². The predicted octanol–water partition coefficient (Wildman–Crippen LogP) is -0.487. The lowest BCUT2D eigenvalue weighted by atomic mass is 10.2. The van der Waals surface area contributed by atoms with Gasteiger partial charge in [0, 0.05) is 6.54 Å². The molecule has 0 saturated carbocycles. The van der Waals surface area contributed by atoms with Gasteiger partial charge in [0.15, 0.2) is 0 Å². The molecule has 1 aromatic carbocycles. The van der Waals surface area contributed by atoms with E-state index in [0.717, 1.165) is 0 Å². The zero-order valence-electron chi connectivity index (χ0n) is 9.29. The summed E-state index contributed by atoms with van der Waals surface area (Å²) in [6, 6.07) is 5.03. The van der Waals surface area contributed by atoms with Crippen LogP contribution in [0.2, 0.25) is 0 Å². The first-order valence-electron chi connectivity index (χ1n) is 4.88. The maximum absolute atomic E-state index is 11.7. The van der Waals surface area contributed by atoms with Crippen molar-refractivity contribution in [2.75, 3.05) is 6.54 Å². The molecule has 0 heterocycles. The fraction of sp³-hybridized carbons (Fsp3) is 0.300. The van der Waals surface area contributed by atoms with Gasteiger partial charge in [-0.2, -0.15) is 8.42 Å². The second-order valence-electron chi connectivity index (χ2n) is 3.46. The third-order valence-corrected chi connectivity index (χ3v) is 3.49. The van der Waals surface area contributed by atoms with E-state index < -0.39 is 22.1 Å². The Kier molecular flexibility index (Phi) is 4.22. The van der Waals surface area contributed by atoms with Gasteiger partial charge in [-0.05, 0) is 18.6 Å². The van der Waals surface area contributed by atoms with Gasteiger partial charge in [-0.3, -0.25) is 0 Å². The summed E-state index contributed by atoms with van der Waals surface area (Å²) in [5.74, 6) is -1.06. The Balaban J connectivity index is 2.98. The van der Waals surface area contributed by atoms with Crippen LogP contribution in [0.1, 0.15) is 5.56 Å². The van der Waals surface area contributed by atoms with E-state index in [0.29, 0.717) is 5.56 Å². The fourth-order valence-corrected chi connectivity index (χ4v) is 2.29. The average molecular weight is 258 g/mol. The maximum Gasteiger partial charge on any atom is 0.342 e. The molecular formula is C10H14N2O4S. The molecule has 0 aliphatic heterocycles. The van der Waals surface area contributed by atoms with Crippen molar-refractivity contribution in [3.63, 3.8) is 0 Å². The van der Waals surface area contributed by atoms with Gasteiger partial charge in [-0.1, -0.05) is 18.2 Å². The molecule has 1 atom stereocenters. The third-order valence-electron chi connectivity index (χ3n) is 2.11. The molecule has 6 nitrogen and oxygen atoms in total. The smallest absolute Gasteiger partial charge is 0.340 e. The van der Waals surface area contributed by atoms with E-state index in [2.05, 4.69) is 4.18 Å². The van der Waals surface area contributed by atoms with Crippen molar-refractivity contribution in [3.8, 4) is 0 Å². The van der Waals surface area contributed by atoms with Gasteiger partial charge < -0.3 is 15.7 Å². The van der Waals surface area contributed by atoms with Crippen LogP contribution in [0.25, 0.3) is 0 Å². The summed E-state index contributed by atoms with van der Waals surface area (Å²) in [5.41, 5.74) is 10.9. The molecule has 0 saturated heterocycles. The summed E-state index contributed by atoms with van der Waals surface area (Å²) in [6.07, 6.45) is 0. The Hall–Kier alpha value is -1.44. The normalized spacial score (nSPS) is 13.1.